The normalized spacial score (nSPS) is 32.9. The maximum absolute atomic E-state index is 13.4. The van der Waals surface area contributed by atoms with Crippen molar-refractivity contribution >= 4 is 29.1 Å². The number of thiocarbonyl (C=S) groups is 1. The van der Waals surface area contributed by atoms with Crippen LogP contribution < -0.4 is 11.1 Å². The van der Waals surface area contributed by atoms with Crippen LogP contribution in [-0.4, -0.2) is 49.7 Å². The van der Waals surface area contributed by atoms with Gasteiger partial charge in [-0.05, 0) is 73.9 Å². The number of nitrogens with zero attached hydrogens (tertiary/aromatic N) is 5. The van der Waals surface area contributed by atoms with Crippen LogP contribution in [-0.2, 0) is 6.54 Å². The minimum Gasteiger partial charge on any atom is -0.387 e. The number of likely N-dealkylation sites (tertiary alicyclic amines) is 1. The molecule has 3 heterocycles. The van der Waals surface area contributed by atoms with Crippen molar-refractivity contribution in [3.05, 3.63) is 41.5 Å². The Labute approximate surface area is 195 Å². The van der Waals surface area contributed by atoms with Gasteiger partial charge in [-0.1, -0.05) is 12.1 Å². The highest BCUT2D eigenvalue weighted by Gasteiger charge is 2.70. The van der Waals surface area contributed by atoms with Crippen molar-refractivity contribution in [1.29, 1.82) is 0 Å². The fraction of sp³-hybridized carbons (Fsp3) is 0.565. The van der Waals surface area contributed by atoms with Crippen molar-refractivity contribution in [3.8, 4) is 0 Å². The van der Waals surface area contributed by atoms with Gasteiger partial charge in [0.2, 0.25) is 5.95 Å². The fourth-order valence-electron chi connectivity index (χ4n) is 6.61. The molecule has 1 aromatic carbocycles. The number of anilines is 1. The van der Waals surface area contributed by atoms with Gasteiger partial charge >= 0.3 is 0 Å². The Morgan fingerprint density at radius 1 is 1.31 bits per heavy atom. The molecule has 3 fully saturated rings. The monoisotopic (exact) mass is 457 g/mol. The Kier molecular flexibility index (Phi) is 4.54. The molecule has 7 nitrogen and oxygen atoms in total. The number of hydrogen-bond acceptors (Lipinski definition) is 4. The Morgan fingerprint density at radius 2 is 2.12 bits per heavy atom. The third-order valence-corrected chi connectivity index (χ3v) is 8.50. The van der Waals surface area contributed by atoms with Crippen LogP contribution in [0.25, 0.3) is 0 Å². The largest absolute Gasteiger partial charge is 0.387 e. The van der Waals surface area contributed by atoms with E-state index in [4.69, 9.17) is 28.0 Å². The molecule has 32 heavy (non-hydrogen) atoms. The number of nitrogens with two attached hydrogens (primary N) is 1. The van der Waals surface area contributed by atoms with Crippen molar-refractivity contribution in [2.24, 2.45) is 28.0 Å². The number of nitrogens with one attached hydrogen (secondary N) is 1. The van der Waals surface area contributed by atoms with Gasteiger partial charge in [0.1, 0.15) is 11.6 Å². The molecule has 172 valence electrons. The second kappa shape index (κ2) is 7.23. The molecule has 0 bridgehead atoms. The van der Waals surface area contributed by atoms with Crippen molar-refractivity contribution < 1.29 is 7.24 Å². The summed E-state index contributed by atoms with van der Waals surface area (Å²) in [7, 11) is 0. The summed E-state index contributed by atoms with van der Waals surface area (Å²) in [6.07, 6.45) is 4.54. The van der Waals surface area contributed by atoms with Crippen LogP contribution in [0.3, 0.4) is 0 Å². The average molecular weight is 458 g/mol. The molecular weight excluding hydrogens is 425 g/mol. The zero-order valence-corrected chi connectivity index (χ0v) is 19.0. The Morgan fingerprint density at radius 3 is 2.84 bits per heavy atom. The third kappa shape index (κ3) is 2.97. The van der Waals surface area contributed by atoms with Crippen LogP contribution in [0.5, 0.6) is 0 Å². The number of aromatic nitrogens is 3. The number of aryl methyl sites for hydroxylation is 1. The molecule has 2 aliphatic carbocycles. The van der Waals surface area contributed by atoms with E-state index < -0.39 is 0 Å². The minimum absolute atomic E-state index is 0. The maximum Gasteiger partial charge on any atom is 0.242 e. The lowest BCUT2D eigenvalue weighted by Crippen LogP contribution is -2.68. The fourth-order valence-corrected chi connectivity index (χ4v) is 6.89. The van der Waals surface area contributed by atoms with E-state index in [0.717, 1.165) is 49.8 Å². The van der Waals surface area contributed by atoms with Crippen molar-refractivity contribution in [2.75, 3.05) is 18.4 Å². The van der Waals surface area contributed by atoms with Crippen LogP contribution in [0, 0.1) is 23.1 Å². The molecule has 4 aliphatic rings. The van der Waals surface area contributed by atoms with E-state index in [-0.39, 0.29) is 14.6 Å². The molecule has 0 radical (unpaired) electrons. The first kappa shape index (κ1) is 20.1. The van der Waals surface area contributed by atoms with Gasteiger partial charge in [0, 0.05) is 40.4 Å². The predicted molar refractivity (Wildman–Crippen MR) is 129 cm³/mol. The molecule has 1 aromatic heterocycles. The second-order valence-electron chi connectivity index (χ2n) is 9.83. The van der Waals surface area contributed by atoms with Crippen LogP contribution in [0.2, 0.25) is 0 Å². The number of halogens is 1. The van der Waals surface area contributed by atoms with E-state index in [1.54, 1.807) is 6.92 Å². The SMILES string of the molecule is C/C(N)=N/C(=S)N1CC2C(Nc3nc4n(n3)CCCC4c3ccc(F)cc3)[C@@H]3CCC23C1.[HH].[HH]. The van der Waals surface area contributed by atoms with Gasteiger partial charge in [0.05, 0.1) is 5.84 Å². The van der Waals surface area contributed by atoms with Gasteiger partial charge in [-0.2, -0.15) is 4.98 Å². The van der Waals surface area contributed by atoms with E-state index in [1.807, 2.05) is 16.8 Å². The Hall–Kier alpha value is -2.55. The van der Waals surface area contributed by atoms with Gasteiger partial charge in [-0.15, -0.1) is 5.10 Å². The summed E-state index contributed by atoms with van der Waals surface area (Å²) in [4.78, 5) is 11.4. The van der Waals surface area contributed by atoms with Crippen LogP contribution in [0.1, 0.15) is 52.8 Å². The number of fused-ring (bicyclic) bond motifs is 1. The first-order valence-electron chi connectivity index (χ1n) is 11.5. The van der Waals surface area contributed by atoms with Crippen LogP contribution in [0.4, 0.5) is 10.3 Å². The van der Waals surface area contributed by atoms with E-state index in [0.29, 0.717) is 34.2 Å². The first-order valence-corrected chi connectivity index (χ1v) is 11.9. The van der Waals surface area contributed by atoms with Gasteiger partial charge in [-0.3, -0.25) is 0 Å². The number of hydrogen-bond donors (Lipinski definition) is 2. The average Bonchev–Trinajstić information content (AvgIpc) is 3.34. The molecule has 3 N–H and O–H groups in total. The summed E-state index contributed by atoms with van der Waals surface area (Å²) < 4.78 is 15.4. The van der Waals surface area contributed by atoms with Crippen LogP contribution >= 0.6 is 12.2 Å². The van der Waals surface area contributed by atoms with Gasteiger partial charge in [0.25, 0.3) is 0 Å². The van der Waals surface area contributed by atoms with Gasteiger partial charge in [0.15, 0.2) is 5.11 Å². The smallest absolute Gasteiger partial charge is 0.242 e. The lowest BCUT2D eigenvalue weighted by molar-refractivity contribution is -0.119. The molecule has 0 amide bonds. The first-order chi connectivity index (χ1) is 15.4. The lowest BCUT2D eigenvalue weighted by atomic mass is 9.41. The highest BCUT2D eigenvalue weighted by molar-refractivity contribution is 7.80. The van der Waals surface area contributed by atoms with Gasteiger partial charge in [-0.25, -0.2) is 14.1 Å². The van der Waals surface area contributed by atoms with Crippen molar-refractivity contribution in [1.82, 2.24) is 19.7 Å². The quantitative estimate of drug-likeness (QED) is 0.416. The number of amidine groups is 1. The summed E-state index contributed by atoms with van der Waals surface area (Å²) in [6, 6.07) is 7.16. The Bertz CT molecular complexity index is 1100. The molecule has 5 atom stereocenters. The van der Waals surface area contributed by atoms with Gasteiger partial charge < -0.3 is 16.0 Å². The zero-order chi connectivity index (χ0) is 22.0. The maximum atomic E-state index is 13.4. The molecule has 4 unspecified atom stereocenters. The Balaban J connectivity index is 0.00000137. The van der Waals surface area contributed by atoms with E-state index >= 15 is 0 Å². The molecule has 2 aliphatic heterocycles. The molecule has 9 heteroatoms. The van der Waals surface area contributed by atoms with Crippen LogP contribution in [0.15, 0.2) is 29.3 Å². The molecule has 2 aromatic rings. The third-order valence-electron chi connectivity index (χ3n) is 8.15. The summed E-state index contributed by atoms with van der Waals surface area (Å²) >= 11 is 5.52. The summed E-state index contributed by atoms with van der Waals surface area (Å²) in [5.74, 6) is 3.32. The highest BCUT2D eigenvalue weighted by atomic mass is 32.1. The van der Waals surface area contributed by atoms with Crippen molar-refractivity contribution in [2.45, 2.75) is 51.1 Å². The molecule has 1 spiro atoms. The van der Waals surface area contributed by atoms with E-state index in [2.05, 4.69) is 15.2 Å². The van der Waals surface area contributed by atoms with E-state index in [1.165, 1.54) is 25.0 Å². The zero-order valence-electron chi connectivity index (χ0n) is 18.2. The number of benzene rings is 1. The number of rotatable bonds is 3. The minimum atomic E-state index is -0.209. The van der Waals surface area contributed by atoms with E-state index in [9.17, 15) is 4.39 Å². The molecule has 6 rings (SSSR count). The molecule has 2 saturated carbocycles. The highest BCUT2D eigenvalue weighted by Crippen LogP contribution is 2.68. The standard InChI is InChI=1S/C23H28FN7S.2H2/c1-13(25)26-22(32)30-11-18-19(17-8-9-23(17,18)12-30)27-21-28-20-16(3-2-10-31(20)29-21)14-4-6-15(24)7-5-14;;/h4-7,16-19H,2-3,8-12H2,1H3,(H,27,29)(H2,25,26,32);2*1H/t16?,17-,18?,19?,23?;;/m0../s1. The number of aliphatic imine (C=N–C) groups is 1. The second-order valence-corrected chi connectivity index (χ2v) is 10.2. The summed E-state index contributed by atoms with van der Waals surface area (Å²) in [5.41, 5.74) is 7.20. The predicted octanol–water partition coefficient (Wildman–Crippen LogP) is 3.62. The summed E-state index contributed by atoms with van der Waals surface area (Å²) in [6.45, 7) is 4.55. The van der Waals surface area contributed by atoms with Crippen molar-refractivity contribution in [3.63, 3.8) is 0 Å². The molecular formula is C23H32FN7S. The summed E-state index contributed by atoms with van der Waals surface area (Å²) in [5, 5.41) is 9.09. The lowest BCUT2D eigenvalue weighted by Gasteiger charge is -2.65. The molecule has 1 saturated heterocycles. The topological polar surface area (TPSA) is 84.4 Å².